The standard InChI is InChI=1S/C17H23N3O3/c1-10-3-4-12(16(21)19-13-5-6-13)9-14(10)20-17(22)15-11(2)23-8-7-18-15/h3-4,9,11,13,15,18H,5-8H2,1-2H3,(H,19,21)(H,20,22)/t11-,15+/m1/s1. The van der Waals surface area contributed by atoms with E-state index in [9.17, 15) is 9.59 Å². The highest BCUT2D eigenvalue weighted by Gasteiger charge is 2.29. The molecule has 0 unspecified atom stereocenters. The fourth-order valence-electron chi connectivity index (χ4n) is 2.63. The molecule has 1 heterocycles. The van der Waals surface area contributed by atoms with Crippen LogP contribution in [0.2, 0.25) is 0 Å². The van der Waals surface area contributed by atoms with Crippen molar-refractivity contribution in [3.63, 3.8) is 0 Å². The van der Waals surface area contributed by atoms with Crippen LogP contribution < -0.4 is 16.0 Å². The molecule has 0 bridgehead atoms. The predicted molar refractivity (Wildman–Crippen MR) is 87.5 cm³/mol. The zero-order chi connectivity index (χ0) is 16.4. The summed E-state index contributed by atoms with van der Waals surface area (Å²) in [4.78, 5) is 24.6. The number of carbonyl (C=O) groups is 2. The van der Waals surface area contributed by atoms with Crippen LogP contribution in [-0.2, 0) is 9.53 Å². The minimum Gasteiger partial charge on any atom is -0.375 e. The van der Waals surface area contributed by atoms with Crippen molar-refractivity contribution in [3.05, 3.63) is 29.3 Å². The lowest BCUT2D eigenvalue weighted by Gasteiger charge is -2.29. The molecule has 2 aliphatic rings. The van der Waals surface area contributed by atoms with Crippen LogP contribution >= 0.6 is 0 Å². The number of carbonyl (C=O) groups excluding carboxylic acids is 2. The van der Waals surface area contributed by atoms with Gasteiger partial charge in [-0.15, -0.1) is 0 Å². The Bertz CT molecular complexity index is 613. The number of hydrogen-bond acceptors (Lipinski definition) is 4. The van der Waals surface area contributed by atoms with E-state index < -0.39 is 0 Å². The summed E-state index contributed by atoms with van der Waals surface area (Å²) in [5.74, 6) is -0.226. The van der Waals surface area contributed by atoms with Crippen LogP contribution in [0.5, 0.6) is 0 Å². The number of aryl methyl sites for hydroxylation is 1. The average molecular weight is 317 g/mol. The molecule has 2 fully saturated rings. The van der Waals surface area contributed by atoms with E-state index in [-0.39, 0.29) is 24.0 Å². The second kappa shape index (κ2) is 6.68. The summed E-state index contributed by atoms with van der Waals surface area (Å²) in [6.45, 7) is 5.06. The number of nitrogens with one attached hydrogen (secondary N) is 3. The van der Waals surface area contributed by atoms with Gasteiger partial charge in [-0.2, -0.15) is 0 Å². The van der Waals surface area contributed by atoms with Crippen LogP contribution in [0, 0.1) is 6.92 Å². The van der Waals surface area contributed by atoms with Gasteiger partial charge in [0.15, 0.2) is 0 Å². The minimum atomic E-state index is -0.382. The Hall–Kier alpha value is -1.92. The van der Waals surface area contributed by atoms with Crippen molar-refractivity contribution in [1.29, 1.82) is 0 Å². The van der Waals surface area contributed by atoms with E-state index in [0.717, 1.165) is 18.4 Å². The normalized spacial score (nSPS) is 24.1. The van der Waals surface area contributed by atoms with Crippen molar-refractivity contribution in [1.82, 2.24) is 10.6 Å². The molecule has 23 heavy (non-hydrogen) atoms. The third kappa shape index (κ3) is 3.89. The molecule has 1 aliphatic carbocycles. The number of amides is 2. The summed E-state index contributed by atoms with van der Waals surface area (Å²) in [7, 11) is 0. The lowest BCUT2D eigenvalue weighted by atomic mass is 10.1. The van der Waals surface area contributed by atoms with Gasteiger partial charge in [0.25, 0.3) is 5.91 Å². The SMILES string of the molecule is Cc1ccc(C(=O)NC2CC2)cc1NC(=O)[C@H]1NCCO[C@@H]1C. The van der Waals surface area contributed by atoms with Crippen molar-refractivity contribution >= 4 is 17.5 Å². The first kappa shape index (κ1) is 16.0. The topological polar surface area (TPSA) is 79.5 Å². The Labute approximate surface area is 136 Å². The maximum atomic E-state index is 12.4. The molecule has 0 radical (unpaired) electrons. The van der Waals surface area contributed by atoms with E-state index in [1.807, 2.05) is 19.9 Å². The van der Waals surface area contributed by atoms with Gasteiger partial charge in [-0.1, -0.05) is 6.07 Å². The van der Waals surface area contributed by atoms with Crippen molar-refractivity contribution in [2.24, 2.45) is 0 Å². The van der Waals surface area contributed by atoms with Crippen LogP contribution in [0.25, 0.3) is 0 Å². The lowest BCUT2D eigenvalue weighted by Crippen LogP contribution is -2.53. The molecule has 6 nitrogen and oxygen atoms in total. The molecule has 1 aromatic rings. The van der Waals surface area contributed by atoms with E-state index in [0.29, 0.717) is 30.4 Å². The molecular weight excluding hydrogens is 294 g/mol. The highest BCUT2D eigenvalue weighted by Crippen LogP contribution is 2.21. The van der Waals surface area contributed by atoms with E-state index in [4.69, 9.17) is 4.74 Å². The average Bonchev–Trinajstić information content (AvgIpc) is 3.33. The molecule has 1 aliphatic heterocycles. The molecule has 3 rings (SSSR count). The van der Waals surface area contributed by atoms with Gasteiger partial charge in [-0.05, 0) is 44.4 Å². The summed E-state index contributed by atoms with van der Waals surface area (Å²) < 4.78 is 5.50. The van der Waals surface area contributed by atoms with Crippen LogP contribution in [0.1, 0.15) is 35.7 Å². The Morgan fingerprint density at radius 3 is 2.78 bits per heavy atom. The van der Waals surface area contributed by atoms with Crippen molar-refractivity contribution in [3.8, 4) is 0 Å². The third-order valence-electron chi connectivity index (χ3n) is 4.27. The third-order valence-corrected chi connectivity index (χ3v) is 4.27. The first-order chi connectivity index (χ1) is 11.0. The summed E-state index contributed by atoms with van der Waals surface area (Å²) in [6.07, 6.45) is 1.92. The van der Waals surface area contributed by atoms with Gasteiger partial charge in [-0.3, -0.25) is 9.59 Å². The predicted octanol–water partition coefficient (Wildman–Crippen LogP) is 1.20. The monoisotopic (exact) mass is 317 g/mol. The number of morpholine rings is 1. The smallest absolute Gasteiger partial charge is 0.251 e. The largest absolute Gasteiger partial charge is 0.375 e. The second-order valence-electron chi connectivity index (χ2n) is 6.27. The van der Waals surface area contributed by atoms with Gasteiger partial charge >= 0.3 is 0 Å². The van der Waals surface area contributed by atoms with Gasteiger partial charge in [0.1, 0.15) is 6.04 Å². The van der Waals surface area contributed by atoms with Crippen molar-refractivity contribution < 1.29 is 14.3 Å². The second-order valence-corrected chi connectivity index (χ2v) is 6.27. The Kier molecular flexibility index (Phi) is 4.63. The van der Waals surface area contributed by atoms with E-state index in [1.54, 1.807) is 12.1 Å². The molecule has 6 heteroatoms. The first-order valence-electron chi connectivity index (χ1n) is 8.12. The lowest BCUT2D eigenvalue weighted by molar-refractivity contribution is -0.123. The molecule has 0 aromatic heterocycles. The van der Waals surface area contributed by atoms with Gasteiger partial charge < -0.3 is 20.7 Å². The Balaban J connectivity index is 1.70. The van der Waals surface area contributed by atoms with Gasteiger partial charge in [0.2, 0.25) is 5.91 Å². The quantitative estimate of drug-likeness (QED) is 0.780. The van der Waals surface area contributed by atoms with Crippen LogP contribution in [-0.4, -0.2) is 43.2 Å². The summed E-state index contributed by atoms with van der Waals surface area (Å²) >= 11 is 0. The fraction of sp³-hybridized carbons (Fsp3) is 0.529. The van der Waals surface area contributed by atoms with E-state index in [2.05, 4.69) is 16.0 Å². The molecular formula is C17H23N3O3. The highest BCUT2D eigenvalue weighted by atomic mass is 16.5. The summed E-state index contributed by atoms with van der Waals surface area (Å²) in [5.41, 5.74) is 2.16. The zero-order valence-corrected chi connectivity index (χ0v) is 13.5. The highest BCUT2D eigenvalue weighted by molar-refractivity contribution is 5.99. The molecule has 1 saturated carbocycles. The van der Waals surface area contributed by atoms with Crippen molar-refractivity contribution in [2.45, 2.75) is 44.9 Å². The van der Waals surface area contributed by atoms with E-state index in [1.165, 1.54) is 0 Å². The molecule has 1 saturated heterocycles. The first-order valence-corrected chi connectivity index (χ1v) is 8.12. The molecule has 1 aromatic carbocycles. The van der Waals surface area contributed by atoms with Gasteiger partial charge in [-0.25, -0.2) is 0 Å². The fourth-order valence-corrected chi connectivity index (χ4v) is 2.63. The number of ether oxygens (including phenoxy) is 1. The van der Waals surface area contributed by atoms with Crippen molar-refractivity contribution in [2.75, 3.05) is 18.5 Å². The maximum absolute atomic E-state index is 12.4. The zero-order valence-electron chi connectivity index (χ0n) is 13.5. The van der Waals surface area contributed by atoms with Gasteiger partial charge in [0, 0.05) is 23.8 Å². The van der Waals surface area contributed by atoms with Crippen LogP contribution in [0.3, 0.4) is 0 Å². The number of benzene rings is 1. The molecule has 0 spiro atoms. The number of rotatable bonds is 4. The van der Waals surface area contributed by atoms with Crippen LogP contribution in [0.4, 0.5) is 5.69 Å². The van der Waals surface area contributed by atoms with E-state index >= 15 is 0 Å². The molecule has 124 valence electrons. The Morgan fingerprint density at radius 1 is 1.30 bits per heavy atom. The number of anilines is 1. The minimum absolute atomic E-state index is 0.0875. The Morgan fingerprint density at radius 2 is 2.09 bits per heavy atom. The molecule has 2 amide bonds. The van der Waals surface area contributed by atoms with Crippen LogP contribution in [0.15, 0.2) is 18.2 Å². The molecule has 2 atom stereocenters. The molecule has 3 N–H and O–H groups in total. The number of hydrogen-bond donors (Lipinski definition) is 3. The van der Waals surface area contributed by atoms with Gasteiger partial charge in [0.05, 0.1) is 12.7 Å². The summed E-state index contributed by atoms with van der Waals surface area (Å²) in [5, 5.41) is 9.03. The maximum Gasteiger partial charge on any atom is 0.251 e. The summed E-state index contributed by atoms with van der Waals surface area (Å²) in [6, 6.07) is 5.30.